The van der Waals surface area contributed by atoms with Gasteiger partial charge in [-0.3, -0.25) is 32.4 Å². The molecule has 4 aromatic heterocycles. The fourth-order valence-corrected chi connectivity index (χ4v) is 4.96. The summed E-state index contributed by atoms with van der Waals surface area (Å²) in [7, 11) is 3.36. The predicted octanol–water partition coefficient (Wildman–Crippen LogP) is -0.136. The number of unbranched alkanes of at least 4 members (excludes halogenated alkanes) is 2. The van der Waals surface area contributed by atoms with Crippen molar-refractivity contribution in [3.63, 3.8) is 0 Å². The second-order valence-electron chi connectivity index (χ2n) is 8.99. The van der Waals surface area contributed by atoms with Crippen LogP contribution in [0.15, 0.2) is 31.8 Å². The molecule has 0 saturated carbocycles. The van der Waals surface area contributed by atoms with Crippen molar-refractivity contribution in [3.8, 4) is 0 Å². The lowest BCUT2D eigenvalue weighted by Crippen LogP contribution is -2.37. The molecule has 206 valence electrons. The summed E-state index contributed by atoms with van der Waals surface area (Å²) in [6.45, 7) is 1.47. The maximum absolute atomic E-state index is 12.5. The van der Waals surface area contributed by atoms with Gasteiger partial charge in [0.05, 0.1) is 25.9 Å². The molecule has 15 nitrogen and oxygen atoms in total. The van der Waals surface area contributed by atoms with Crippen LogP contribution in [0.5, 0.6) is 0 Å². The third kappa shape index (κ3) is 5.22. The van der Waals surface area contributed by atoms with Gasteiger partial charge in [-0.1, -0.05) is 0 Å². The lowest BCUT2D eigenvalue weighted by molar-refractivity contribution is 0.217. The van der Waals surface area contributed by atoms with Gasteiger partial charge >= 0.3 is 19.6 Å². The van der Waals surface area contributed by atoms with Crippen molar-refractivity contribution in [2.24, 2.45) is 28.2 Å². The molecule has 0 unspecified atom stereocenters. The molecule has 0 N–H and O–H groups in total. The first-order valence-electron chi connectivity index (χ1n) is 12.1. The van der Waals surface area contributed by atoms with E-state index in [-0.39, 0.29) is 13.2 Å². The first kappa shape index (κ1) is 27.5. The molecule has 4 heterocycles. The summed E-state index contributed by atoms with van der Waals surface area (Å²) in [6.07, 6.45) is 5.55. The standard InChI is InChI=1S/C22H31N8O7P/c1-25-17-15(19(31)27(3)21(25)33)29(13-23-17)9-5-7-11-36-38(35)37-12-8-6-10-30-14-24-18-16(30)20(32)28(4)22(34)26(18)2/h13-14,38H,5-12H2,1-4H3. The van der Waals surface area contributed by atoms with Crippen LogP contribution >= 0.6 is 8.25 Å². The van der Waals surface area contributed by atoms with Crippen molar-refractivity contribution >= 4 is 30.6 Å². The van der Waals surface area contributed by atoms with Gasteiger partial charge in [-0.2, -0.15) is 0 Å². The number of nitrogens with zero attached hydrogens (tertiary/aromatic N) is 8. The van der Waals surface area contributed by atoms with Crippen molar-refractivity contribution in [3.05, 3.63) is 54.3 Å². The van der Waals surface area contributed by atoms with Gasteiger partial charge in [0.25, 0.3) is 11.1 Å². The molecule has 0 fully saturated rings. The molecule has 0 saturated heterocycles. The van der Waals surface area contributed by atoms with Crippen molar-refractivity contribution < 1.29 is 13.6 Å². The van der Waals surface area contributed by atoms with Gasteiger partial charge in [0.15, 0.2) is 22.3 Å². The van der Waals surface area contributed by atoms with Crippen LogP contribution in [-0.4, -0.2) is 50.6 Å². The minimum absolute atomic E-state index is 0.240. The molecule has 16 heteroatoms. The minimum Gasteiger partial charge on any atom is -0.325 e. The molecule has 4 aromatic rings. The Morgan fingerprint density at radius 2 is 1.05 bits per heavy atom. The summed E-state index contributed by atoms with van der Waals surface area (Å²) in [5, 5.41) is 0. The third-order valence-corrected chi connectivity index (χ3v) is 7.34. The van der Waals surface area contributed by atoms with E-state index in [1.807, 2.05) is 0 Å². The fraction of sp³-hybridized carbons (Fsp3) is 0.545. The molecule has 0 aromatic carbocycles. The number of rotatable bonds is 12. The summed E-state index contributed by atoms with van der Waals surface area (Å²) >= 11 is 0. The SMILES string of the molecule is Cn1c(=O)c2c(ncn2CCCCO[PH](=O)OCCCCn2cnc3c2c(=O)n(C)c(=O)n3C)n(C)c1=O. The zero-order valence-electron chi connectivity index (χ0n) is 21.7. The van der Waals surface area contributed by atoms with E-state index < -0.39 is 30.8 Å². The topological polar surface area (TPSA) is 159 Å². The second-order valence-corrected chi connectivity index (χ2v) is 10.1. The van der Waals surface area contributed by atoms with Crippen LogP contribution in [0.3, 0.4) is 0 Å². The number of aromatic nitrogens is 8. The highest BCUT2D eigenvalue weighted by Gasteiger charge is 2.15. The summed E-state index contributed by atoms with van der Waals surface area (Å²) in [5.74, 6) is 0. The number of hydrogen-bond donors (Lipinski definition) is 0. The molecular weight excluding hydrogens is 519 g/mol. The van der Waals surface area contributed by atoms with Crippen LogP contribution < -0.4 is 22.5 Å². The number of hydrogen-bond acceptors (Lipinski definition) is 9. The van der Waals surface area contributed by atoms with E-state index in [4.69, 9.17) is 9.05 Å². The van der Waals surface area contributed by atoms with E-state index in [1.54, 1.807) is 23.2 Å². The molecule has 0 radical (unpaired) electrons. The van der Waals surface area contributed by atoms with Crippen molar-refractivity contribution in [2.75, 3.05) is 13.2 Å². The second kappa shape index (κ2) is 11.5. The Bertz CT molecular complexity index is 1610. The largest absolute Gasteiger partial charge is 0.332 e. The van der Waals surface area contributed by atoms with Gasteiger partial charge in [0, 0.05) is 41.3 Å². The predicted molar refractivity (Wildman–Crippen MR) is 140 cm³/mol. The molecule has 0 amide bonds. The zero-order valence-corrected chi connectivity index (χ0v) is 22.7. The zero-order chi connectivity index (χ0) is 27.6. The Balaban J connectivity index is 1.17. The Kier molecular flexibility index (Phi) is 8.29. The van der Waals surface area contributed by atoms with E-state index in [2.05, 4.69) is 9.97 Å². The van der Waals surface area contributed by atoms with Crippen LogP contribution in [0.25, 0.3) is 22.3 Å². The first-order valence-corrected chi connectivity index (χ1v) is 13.4. The number of imidazole rings is 2. The van der Waals surface area contributed by atoms with E-state index in [9.17, 15) is 23.7 Å². The normalized spacial score (nSPS) is 11.9. The molecular formula is C22H31N8O7P. The summed E-state index contributed by atoms with van der Waals surface area (Å²) < 4.78 is 30.8. The quantitative estimate of drug-likeness (QED) is 0.173. The molecule has 0 aliphatic carbocycles. The van der Waals surface area contributed by atoms with Crippen molar-refractivity contribution in [1.29, 1.82) is 0 Å². The lowest BCUT2D eigenvalue weighted by Gasteiger charge is -2.08. The van der Waals surface area contributed by atoms with Crippen LogP contribution in [0.4, 0.5) is 0 Å². The Morgan fingerprint density at radius 1 is 0.658 bits per heavy atom. The molecule has 4 rings (SSSR count). The Labute approximate surface area is 216 Å². The number of fused-ring (bicyclic) bond motifs is 2. The highest BCUT2D eigenvalue weighted by molar-refractivity contribution is 7.33. The maximum Gasteiger partial charge on any atom is 0.332 e. The van der Waals surface area contributed by atoms with E-state index in [1.165, 1.54) is 35.9 Å². The van der Waals surface area contributed by atoms with Gasteiger partial charge in [-0.15, -0.1) is 0 Å². The fourth-order valence-electron chi connectivity index (χ4n) is 4.25. The molecule has 38 heavy (non-hydrogen) atoms. The van der Waals surface area contributed by atoms with Crippen molar-refractivity contribution in [1.82, 2.24) is 37.4 Å². The summed E-state index contributed by atoms with van der Waals surface area (Å²) in [5.41, 5.74) is -0.264. The van der Waals surface area contributed by atoms with Crippen LogP contribution in [-0.2, 0) is 54.9 Å². The van der Waals surface area contributed by atoms with E-state index in [0.29, 0.717) is 61.1 Å². The molecule has 0 atom stereocenters. The number of aryl methyl sites for hydroxylation is 4. The Morgan fingerprint density at radius 3 is 1.45 bits per heavy atom. The van der Waals surface area contributed by atoms with Crippen molar-refractivity contribution in [2.45, 2.75) is 38.8 Å². The van der Waals surface area contributed by atoms with Gasteiger partial charge in [0.1, 0.15) is 0 Å². The maximum atomic E-state index is 12.5. The van der Waals surface area contributed by atoms with Gasteiger partial charge in [0.2, 0.25) is 0 Å². The van der Waals surface area contributed by atoms with Gasteiger partial charge in [-0.05, 0) is 25.7 Å². The third-order valence-electron chi connectivity index (χ3n) is 6.46. The highest BCUT2D eigenvalue weighted by atomic mass is 31.1. The Hall–Kier alpha value is -3.55. The molecule has 0 aliphatic rings. The van der Waals surface area contributed by atoms with Gasteiger partial charge in [-0.25, -0.2) is 19.6 Å². The van der Waals surface area contributed by atoms with Crippen LogP contribution in [0, 0.1) is 0 Å². The van der Waals surface area contributed by atoms with E-state index in [0.717, 1.165) is 9.13 Å². The molecule has 0 spiro atoms. The summed E-state index contributed by atoms with van der Waals surface area (Å²) in [6, 6.07) is 0. The first-order chi connectivity index (χ1) is 18.1. The molecule has 0 aliphatic heterocycles. The smallest absolute Gasteiger partial charge is 0.325 e. The average Bonchev–Trinajstić information content (AvgIpc) is 3.52. The average molecular weight is 551 g/mol. The summed E-state index contributed by atoms with van der Waals surface area (Å²) in [4.78, 5) is 57.4. The van der Waals surface area contributed by atoms with Crippen LogP contribution in [0.1, 0.15) is 25.7 Å². The van der Waals surface area contributed by atoms with Crippen LogP contribution in [0.2, 0.25) is 0 Å². The monoisotopic (exact) mass is 550 g/mol. The van der Waals surface area contributed by atoms with E-state index >= 15 is 0 Å². The lowest BCUT2D eigenvalue weighted by atomic mass is 10.3. The minimum atomic E-state index is -2.64. The van der Waals surface area contributed by atoms with Gasteiger partial charge < -0.3 is 18.2 Å². The highest BCUT2D eigenvalue weighted by Crippen LogP contribution is 2.24. The molecule has 0 bridgehead atoms.